The zero-order valence-corrected chi connectivity index (χ0v) is 19.2. The lowest BCUT2D eigenvalue weighted by atomic mass is 10.1. The van der Waals surface area contributed by atoms with Crippen LogP contribution in [0.3, 0.4) is 0 Å². The minimum Gasteiger partial charge on any atom is -0.483 e. The number of benzene rings is 3. The van der Waals surface area contributed by atoms with Crippen LogP contribution >= 0.6 is 15.9 Å². The standard InChI is InChI=1S/C25H25BrN2O3/c1-3-18-12-13-23(22(26)14-18)31-17-24(29)27-21-11-7-10-20(15-21)25(30)28(2)16-19-8-5-4-6-9-19/h4-15H,3,16-17H2,1-2H3,(H,27,29). The molecule has 0 spiro atoms. The van der Waals surface area contributed by atoms with Crippen molar-refractivity contribution in [2.75, 3.05) is 19.0 Å². The topological polar surface area (TPSA) is 58.6 Å². The van der Waals surface area contributed by atoms with Crippen molar-refractivity contribution in [2.45, 2.75) is 19.9 Å². The average Bonchev–Trinajstić information content (AvgIpc) is 2.78. The summed E-state index contributed by atoms with van der Waals surface area (Å²) in [5.74, 6) is 0.198. The summed E-state index contributed by atoms with van der Waals surface area (Å²) in [5.41, 5.74) is 3.29. The number of halogens is 1. The van der Waals surface area contributed by atoms with Gasteiger partial charge in [0.1, 0.15) is 5.75 Å². The Balaban J connectivity index is 1.58. The number of rotatable bonds is 8. The van der Waals surface area contributed by atoms with E-state index in [1.54, 1.807) is 36.2 Å². The third kappa shape index (κ3) is 6.43. The molecule has 160 valence electrons. The number of aryl methyl sites for hydroxylation is 1. The second kappa shape index (κ2) is 10.8. The second-order valence-electron chi connectivity index (χ2n) is 7.18. The molecule has 3 aromatic rings. The predicted octanol–water partition coefficient (Wildman–Crippen LogP) is 5.30. The van der Waals surface area contributed by atoms with E-state index in [4.69, 9.17) is 4.74 Å². The van der Waals surface area contributed by atoms with E-state index in [1.807, 2.05) is 48.5 Å². The first kappa shape index (κ1) is 22.6. The summed E-state index contributed by atoms with van der Waals surface area (Å²) in [5, 5.41) is 2.79. The Morgan fingerprint density at radius 3 is 2.45 bits per heavy atom. The van der Waals surface area contributed by atoms with Crippen molar-refractivity contribution < 1.29 is 14.3 Å². The van der Waals surface area contributed by atoms with Crippen molar-refractivity contribution in [1.29, 1.82) is 0 Å². The zero-order valence-electron chi connectivity index (χ0n) is 17.6. The summed E-state index contributed by atoms with van der Waals surface area (Å²) < 4.78 is 6.43. The number of hydrogen-bond donors (Lipinski definition) is 1. The molecule has 0 radical (unpaired) electrons. The van der Waals surface area contributed by atoms with Crippen LogP contribution in [0.5, 0.6) is 5.75 Å². The van der Waals surface area contributed by atoms with Crippen molar-refractivity contribution in [2.24, 2.45) is 0 Å². The molecule has 0 saturated carbocycles. The highest BCUT2D eigenvalue weighted by molar-refractivity contribution is 9.10. The first-order chi connectivity index (χ1) is 15.0. The molecule has 0 aromatic heterocycles. The minimum atomic E-state index is -0.297. The van der Waals surface area contributed by atoms with E-state index in [0.717, 1.165) is 16.5 Å². The third-order valence-corrected chi connectivity index (χ3v) is 5.39. The molecule has 0 saturated heterocycles. The molecule has 0 aliphatic heterocycles. The zero-order chi connectivity index (χ0) is 22.2. The van der Waals surface area contributed by atoms with Crippen molar-refractivity contribution in [3.63, 3.8) is 0 Å². The molecule has 0 unspecified atom stereocenters. The highest BCUT2D eigenvalue weighted by Gasteiger charge is 2.13. The van der Waals surface area contributed by atoms with Crippen LogP contribution in [-0.2, 0) is 17.8 Å². The van der Waals surface area contributed by atoms with Crippen LogP contribution in [0.2, 0.25) is 0 Å². The Bertz CT molecular complexity index is 1050. The predicted molar refractivity (Wildman–Crippen MR) is 126 cm³/mol. The Morgan fingerprint density at radius 1 is 0.968 bits per heavy atom. The third-order valence-electron chi connectivity index (χ3n) is 4.77. The Morgan fingerprint density at radius 2 is 1.74 bits per heavy atom. The Labute approximate surface area is 191 Å². The number of carbonyl (C=O) groups is 2. The fourth-order valence-electron chi connectivity index (χ4n) is 3.10. The first-order valence-electron chi connectivity index (χ1n) is 10.1. The van der Waals surface area contributed by atoms with Gasteiger partial charge in [-0.05, 0) is 63.8 Å². The molecule has 6 heteroatoms. The van der Waals surface area contributed by atoms with Gasteiger partial charge in [0.25, 0.3) is 11.8 Å². The largest absolute Gasteiger partial charge is 0.483 e. The van der Waals surface area contributed by atoms with E-state index >= 15 is 0 Å². The Hall–Kier alpha value is -3.12. The summed E-state index contributed by atoms with van der Waals surface area (Å²) in [4.78, 5) is 26.8. The summed E-state index contributed by atoms with van der Waals surface area (Å²) in [6.07, 6.45) is 0.926. The Kier molecular flexibility index (Phi) is 7.84. The molecule has 0 aliphatic rings. The number of nitrogens with zero attached hydrogens (tertiary/aromatic N) is 1. The van der Waals surface area contributed by atoms with Crippen LogP contribution in [-0.4, -0.2) is 30.4 Å². The van der Waals surface area contributed by atoms with Gasteiger partial charge in [0.2, 0.25) is 0 Å². The number of nitrogens with one attached hydrogen (secondary N) is 1. The molecule has 1 N–H and O–H groups in total. The summed E-state index contributed by atoms with van der Waals surface area (Å²) in [6.45, 7) is 2.46. The van der Waals surface area contributed by atoms with Gasteiger partial charge < -0.3 is 15.0 Å². The van der Waals surface area contributed by atoms with Crippen LogP contribution in [0.25, 0.3) is 0 Å². The van der Waals surface area contributed by atoms with Crippen LogP contribution in [0.15, 0.2) is 77.3 Å². The van der Waals surface area contributed by atoms with Gasteiger partial charge in [-0.15, -0.1) is 0 Å². The van der Waals surface area contributed by atoms with E-state index in [2.05, 4.69) is 28.2 Å². The first-order valence-corrected chi connectivity index (χ1v) is 10.9. The summed E-state index contributed by atoms with van der Waals surface area (Å²) in [6, 6.07) is 22.5. The van der Waals surface area contributed by atoms with Crippen LogP contribution in [0, 0.1) is 0 Å². The van der Waals surface area contributed by atoms with Gasteiger partial charge in [0, 0.05) is 24.8 Å². The molecule has 0 atom stereocenters. The van der Waals surface area contributed by atoms with Gasteiger partial charge in [0.05, 0.1) is 4.47 Å². The number of hydrogen-bond acceptors (Lipinski definition) is 3. The maximum Gasteiger partial charge on any atom is 0.262 e. The van der Waals surface area contributed by atoms with Crippen molar-refractivity contribution in [3.8, 4) is 5.75 Å². The number of anilines is 1. The highest BCUT2D eigenvalue weighted by atomic mass is 79.9. The van der Waals surface area contributed by atoms with Gasteiger partial charge in [-0.3, -0.25) is 9.59 Å². The highest BCUT2D eigenvalue weighted by Crippen LogP contribution is 2.26. The van der Waals surface area contributed by atoms with E-state index in [1.165, 1.54) is 5.56 Å². The number of carbonyl (C=O) groups excluding carboxylic acids is 2. The number of amides is 2. The fraction of sp³-hybridized carbons (Fsp3) is 0.200. The van der Waals surface area contributed by atoms with Crippen molar-refractivity contribution in [1.82, 2.24) is 4.90 Å². The maximum atomic E-state index is 12.8. The molecule has 3 rings (SSSR count). The second-order valence-corrected chi connectivity index (χ2v) is 8.04. The normalized spacial score (nSPS) is 10.4. The maximum absolute atomic E-state index is 12.8. The lowest BCUT2D eigenvalue weighted by Crippen LogP contribution is -2.26. The molecular formula is C25H25BrN2O3. The van der Waals surface area contributed by atoms with E-state index in [0.29, 0.717) is 23.5 Å². The van der Waals surface area contributed by atoms with Gasteiger partial charge in [-0.1, -0.05) is 49.4 Å². The smallest absolute Gasteiger partial charge is 0.262 e. The fourth-order valence-corrected chi connectivity index (χ4v) is 3.64. The summed E-state index contributed by atoms with van der Waals surface area (Å²) in [7, 11) is 1.76. The van der Waals surface area contributed by atoms with Crippen LogP contribution in [0.4, 0.5) is 5.69 Å². The van der Waals surface area contributed by atoms with Gasteiger partial charge in [0.15, 0.2) is 6.61 Å². The molecule has 0 heterocycles. The van der Waals surface area contributed by atoms with Gasteiger partial charge in [-0.2, -0.15) is 0 Å². The molecule has 0 fully saturated rings. The minimum absolute atomic E-state index is 0.115. The van der Waals surface area contributed by atoms with Crippen molar-refractivity contribution >= 4 is 33.4 Å². The van der Waals surface area contributed by atoms with E-state index in [-0.39, 0.29) is 18.4 Å². The molecule has 5 nitrogen and oxygen atoms in total. The average molecular weight is 481 g/mol. The van der Waals surface area contributed by atoms with Crippen molar-refractivity contribution in [3.05, 3.63) is 94.0 Å². The van der Waals surface area contributed by atoms with E-state index in [9.17, 15) is 9.59 Å². The molecular weight excluding hydrogens is 456 g/mol. The SMILES string of the molecule is CCc1ccc(OCC(=O)Nc2cccc(C(=O)N(C)Cc3ccccc3)c2)c(Br)c1. The quantitative estimate of drug-likeness (QED) is 0.475. The van der Waals surface area contributed by atoms with Crippen LogP contribution in [0.1, 0.15) is 28.4 Å². The lowest BCUT2D eigenvalue weighted by Gasteiger charge is -2.18. The molecule has 2 amide bonds. The van der Waals surface area contributed by atoms with Crippen LogP contribution < -0.4 is 10.1 Å². The summed E-state index contributed by atoms with van der Waals surface area (Å²) >= 11 is 3.47. The molecule has 0 bridgehead atoms. The molecule has 3 aromatic carbocycles. The lowest BCUT2D eigenvalue weighted by molar-refractivity contribution is -0.118. The van der Waals surface area contributed by atoms with Gasteiger partial charge >= 0.3 is 0 Å². The monoisotopic (exact) mass is 480 g/mol. The molecule has 31 heavy (non-hydrogen) atoms. The molecule has 0 aliphatic carbocycles. The van der Waals surface area contributed by atoms with Gasteiger partial charge in [-0.25, -0.2) is 0 Å². The van der Waals surface area contributed by atoms with E-state index < -0.39 is 0 Å². The number of ether oxygens (including phenoxy) is 1.